The number of aromatic nitrogens is 1. The summed E-state index contributed by atoms with van der Waals surface area (Å²) in [6.45, 7) is 3.84. The highest BCUT2D eigenvalue weighted by atomic mass is 79.9. The molecule has 0 aliphatic heterocycles. The van der Waals surface area contributed by atoms with Gasteiger partial charge in [-0.1, -0.05) is 34.1 Å². The number of amides is 2. The van der Waals surface area contributed by atoms with E-state index in [4.69, 9.17) is 0 Å². The Labute approximate surface area is 176 Å². The van der Waals surface area contributed by atoms with E-state index in [1.54, 1.807) is 12.3 Å². The molecule has 0 saturated carbocycles. The quantitative estimate of drug-likeness (QED) is 0.572. The Bertz CT molecular complexity index is 999. The van der Waals surface area contributed by atoms with Crippen molar-refractivity contribution in [3.8, 4) is 0 Å². The molecule has 3 rings (SSSR count). The topological polar surface area (TPSA) is 71.1 Å². The second kappa shape index (κ2) is 9.12. The largest absolute Gasteiger partial charge is 0.343 e. The summed E-state index contributed by atoms with van der Waals surface area (Å²) in [6, 6.07) is 13.6. The first kappa shape index (κ1) is 20.2. The van der Waals surface area contributed by atoms with Crippen LogP contribution in [0.2, 0.25) is 0 Å². The molecule has 144 valence electrons. The molecule has 2 N–H and O–H groups in total. The maximum Gasteiger partial charge on any atom is 0.251 e. The number of rotatable bonds is 6. The van der Waals surface area contributed by atoms with Crippen molar-refractivity contribution >= 4 is 44.2 Å². The van der Waals surface area contributed by atoms with Gasteiger partial charge in [0, 0.05) is 27.5 Å². The van der Waals surface area contributed by atoms with Crippen molar-refractivity contribution in [2.75, 3.05) is 11.9 Å². The third kappa shape index (κ3) is 5.50. The van der Waals surface area contributed by atoms with Gasteiger partial charge in [-0.2, -0.15) is 0 Å². The third-order valence-corrected chi connectivity index (χ3v) is 5.71. The van der Waals surface area contributed by atoms with Crippen molar-refractivity contribution < 1.29 is 9.59 Å². The van der Waals surface area contributed by atoms with Crippen LogP contribution in [0.15, 0.2) is 53.1 Å². The molecule has 1 aromatic heterocycles. The van der Waals surface area contributed by atoms with Crippen LogP contribution in [0.5, 0.6) is 0 Å². The van der Waals surface area contributed by atoms with Crippen molar-refractivity contribution in [2.24, 2.45) is 0 Å². The molecule has 28 heavy (non-hydrogen) atoms. The Kier molecular flexibility index (Phi) is 6.59. The van der Waals surface area contributed by atoms with Crippen LogP contribution in [0.1, 0.15) is 31.9 Å². The minimum absolute atomic E-state index is 0.104. The molecule has 2 aromatic carbocycles. The number of benzene rings is 2. The zero-order valence-electron chi connectivity index (χ0n) is 15.6. The van der Waals surface area contributed by atoms with Gasteiger partial charge < -0.3 is 10.6 Å². The highest BCUT2D eigenvalue weighted by Gasteiger charge is 2.11. The molecule has 0 aliphatic rings. The fraction of sp³-hybridized carbons (Fsp3) is 0.190. The van der Waals surface area contributed by atoms with Gasteiger partial charge in [-0.05, 0) is 54.8 Å². The summed E-state index contributed by atoms with van der Waals surface area (Å²) in [5.74, 6) is -0.574. The maximum atomic E-state index is 12.2. The molecule has 1 heterocycles. The van der Waals surface area contributed by atoms with Gasteiger partial charge in [-0.15, -0.1) is 11.3 Å². The Balaban J connectivity index is 1.51. The first-order chi connectivity index (χ1) is 13.4. The summed E-state index contributed by atoms with van der Waals surface area (Å²) in [5.41, 5.74) is 3.88. The SMILES string of the molecule is Cc1ccc(C(=O)NCC(=O)Nc2ncc(Cc3ccc(Br)cc3)s2)cc1C. The number of aryl methyl sites for hydroxylation is 2. The second-order valence-corrected chi connectivity index (χ2v) is 8.50. The average molecular weight is 458 g/mol. The van der Waals surface area contributed by atoms with Gasteiger partial charge in [-0.3, -0.25) is 9.59 Å². The summed E-state index contributed by atoms with van der Waals surface area (Å²) in [6.07, 6.45) is 2.51. The summed E-state index contributed by atoms with van der Waals surface area (Å²) < 4.78 is 1.04. The first-order valence-electron chi connectivity index (χ1n) is 8.75. The monoisotopic (exact) mass is 457 g/mol. The Hall–Kier alpha value is -2.51. The van der Waals surface area contributed by atoms with Gasteiger partial charge in [0.2, 0.25) is 5.91 Å². The molecule has 0 unspecified atom stereocenters. The highest BCUT2D eigenvalue weighted by molar-refractivity contribution is 9.10. The number of nitrogens with one attached hydrogen (secondary N) is 2. The lowest BCUT2D eigenvalue weighted by atomic mass is 10.1. The standard InChI is InChI=1S/C21H20BrN3O2S/c1-13-3-6-16(9-14(13)2)20(27)23-12-19(26)25-21-24-11-18(28-21)10-15-4-7-17(22)8-5-15/h3-9,11H,10,12H2,1-2H3,(H,23,27)(H,24,25,26). The van der Waals surface area contributed by atoms with Crippen LogP contribution >= 0.6 is 27.3 Å². The number of hydrogen-bond donors (Lipinski definition) is 2. The maximum absolute atomic E-state index is 12.2. The van der Waals surface area contributed by atoms with Crippen LogP contribution < -0.4 is 10.6 Å². The Morgan fingerprint density at radius 2 is 1.82 bits per heavy atom. The van der Waals surface area contributed by atoms with E-state index in [0.29, 0.717) is 10.7 Å². The minimum atomic E-state index is -0.304. The van der Waals surface area contributed by atoms with Crippen LogP contribution in [0.4, 0.5) is 5.13 Å². The second-order valence-electron chi connectivity index (χ2n) is 6.46. The van der Waals surface area contributed by atoms with Gasteiger partial charge in [0.15, 0.2) is 5.13 Å². The van der Waals surface area contributed by atoms with E-state index < -0.39 is 0 Å². The Morgan fingerprint density at radius 3 is 2.54 bits per heavy atom. The number of thiazole rings is 1. The van der Waals surface area contributed by atoms with Crippen molar-refractivity contribution in [3.05, 3.63) is 80.3 Å². The average Bonchev–Trinajstić information content (AvgIpc) is 3.10. The third-order valence-electron chi connectivity index (χ3n) is 4.27. The van der Waals surface area contributed by atoms with E-state index in [9.17, 15) is 9.59 Å². The van der Waals surface area contributed by atoms with Gasteiger partial charge in [0.05, 0.1) is 6.54 Å². The Morgan fingerprint density at radius 1 is 1.07 bits per heavy atom. The summed E-state index contributed by atoms with van der Waals surface area (Å²) in [5, 5.41) is 5.90. The molecular formula is C21H20BrN3O2S. The lowest BCUT2D eigenvalue weighted by Crippen LogP contribution is -2.32. The number of anilines is 1. The van der Waals surface area contributed by atoms with Crippen LogP contribution in [0, 0.1) is 13.8 Å². The lowest BCUT2D eigenvalue weighted by molar-refractivity contribution is -0.115. The number of hydrogen-bond acceptors (Lipinski definition) is 4. The normalized spacial score (nSPS) is 10.5. The molecule has 7 heteroatoms. The molecule has 5 nitrogen and oxygen atoms in total. The fourth-order valence-electron chi connectivity index (χ4n) is 2.56. The van der Waals surface area contributed by atoms with E-state index in [2.05, 4.69) is 31.5 Å². The fourth-order valence-corrected chi connectivity index (χ4v) is 3.69. The minimum Gasteiger partial charge on any atom is -0.343 e. The van der Waals surface area contributed by atoms with Crippen LogP contribution in [0.25, 0.3) is 0 Å². The van der Waals surface area contributed by atoms with Crippen molar-refractivity contribution in [1.82, 2.24) is 10.3 Å². The summed E-state index contributed by atoms with van der Waals surface area (Å²) in [7, 11) is 0. The van der Waals surface area contributed by atoms with E-state index in [1.807, 2.05) is 50.2 Å². The molecule has 0 aliphatic carbocycles. The van der Waals surface area contributed by atoms with E-state index in [-0.39, 0.29) is 18.4 Å². The number of halogens is 1. The van der Waals surface area contributed by atoms with Crippen molar-refractivity contribution in [3.63, 3.8) is 0 Å². The van der Waals surface area contributed by atoms with Crippen LogP contribution in [-0.2, 0) is 11.2 Å². The molecule has 0 bridgehead atoms. The zero-order valence-corrected chi connectivity index (χ0v) is 18.0. The lowest BCUT2D eigenvalue weighted by Gasteiger charge is -2.07. The highest BCUT2D eigenvalue weighted by Crippen LogP contribution is 2.22. The van der Waals surface area contributed by atoms with Gasteiger partial charge >= 0.3 is 0 Å². The molecule has 0 radical (unpaired) electrons. The molecule has 3 aromatic rings. The smallest absolute Gasteiger partial charge is 0.251 e. The molecule has 0 saturated heterocycles. The number of carbonyl (C=O) groups is 2. The molecule has 0 fully saturated rings. The van der Waals surface area contributed by atoms with Gasteiger partial charge in [0.1, 0.15) is 0 Å². The van der Waals surface area contributed by atoms with Crippen LogP contribution in [0.3, 0.4) is 0 Å². The predicted octanol–water partition coefficient (Wildman–Crippen LogP) is 4.48. The van der Waals surface area contributed by atoms with Crippen LogP contribution in [-0.4, -0.2) is 23.3 Å². The van der Waals surface area contributed by atoms with Crippen molar-refractivity contribution in [1.29, 1.82) is 0 Å². The predicted molar refractivity (Wildman–Crippen MR) is 116 cm³/mol. The van der Waals surface area contributed by atoms with E-state index in [1.165, 1.54) is 16.9 Å². The zero-order chi connectivity index (χ0) is 20.1. The molecular weight excluding hydrogens is 438 g/mol. The summed E-state index contributed by atoms with van der Waals surface area (Å²) in [4.78, 5) is 29.6. The summed E-state index contributed by atoms with van der Waals surface area (Å²) >= 11 is 4.85. The molecule has 2 amide bonds. The molecule has 0 spiro atoms. The van der Waals surface area contributed by atoms with Gasteiger partial charge in [0.25, 0.3) is 5.91 Å². The van der Waals surface area contributed by atoms with Gasteiger partial charge in [-0.25, -0.2) is 4.98 Å². The number of carbonyl (C=O) groups excluding carboxylic acids is 2. The molecule has 0 atom stereocenters. The van der Waals surface area contributed by atoms with Crippen molar-refractivity contribution in [2.45, 2.75) is 20.3 Å². The van der Waals surface area contributed by atoms with E-state index >= 15 is 0 Å². The van der Waals surface area contributed by atoms with E-state index in [0.717, 1.165) is 26.9 Å². The number of nitrogens with zero attached hydrogens (tertiary/aromatic N) is 1. The first-order valence-corrected chi connectivity index (χ1v) is 10.4.